The lowest BCUT2D eigenvalue weighted by Crippen LogP contribution is -2.35. The van der Waals surface area contributed by atoms with E-state index in [0.29, 0.717) is 48.1 Å². The summed E-state index contributed by atoms with van der Waals surface area (Å²) >= 11 is 1.39. The first-order chi connectivity index (χ1) is 15.9. The van der Waals surface area contributed by atoms with Crippen molar-refractivity contribution in [2.45, 2.75) is 11.3 Å². The molecule has 0 spiro atoms. The first kappa shape index (κ1) is 24.5. The van der Waals surface area contributed by atoms with Crippen LogP contribution in [0.1, 0.15) is 22.3 Å². The van der Waals surface area contributed by atoms with E-state index in [2.05, 4.69) is 0 Å². The van der Waals surface area contributed by atoms with E-state index in [9.17, 15) is 9.59 Å². The molecule has 3 rings (SSSR count). The quantitative estimate of drug-likeness (QED) is 0.547. The van der Waals surface area contributed by atoms with E-state index in [1.54, 1.807) is 40.3 Å². The predicted octanol–water partition coefficient (Wildman–Crippen LogP) is 3.82. The molecule has 0 atom stereocenters. The molecule has 33 heavy (non-hydrogen) atoms. The van der Waals surface area contributed by atoms with Gasteiger partial charge in [0.1, 0.15) is 17.2 Å². The zero-order valence-electron chi connectivity index (χ0n) is 19.7. The molecule has 8 heteroatoms. The van der Waals surface area contributed by atoms with Crippen molar-refractivity contribution in [3.05, 3.63) is 53.6 Å². The monoisotopic (exact) mass is 470 g/mol. The van der Waals surface area contributed by atoms with Crippen LogP contribution < -0.4 is 14.2 Å². The number of carbonyl (C=O) groups is 2. The van der Waals surface area contributed by atoms with Crippen molar-refractivity contribution in [3.8, 4) is 17.2 Å². The van der Waals surface area contributed by atoms with Gasteiger partial charge in [0.05, 0.1) is 38.2 Å². The fraction of sp³-hybridized carbons (Fsp3) is 0.360. The Bertz CT molecular complexity index is 1030. The standard InChI is InChI=1S/C25H30N2O5S/c1-26(2)23(28)16-33-22-9-7-6-8-19(22)25(29)27-12-10-17(11-13-27)24-20(31-4)14-18(30-3)15-21(24)32-5/h6-10,14-15H,11-13,16H2,1-5H3. The van der Waals surface area contributed by atoms with Gasteiger partial charge in [0.25, 0.3) is 5.91 Å². The minimum Gasteiger partial charge on any atom is -0.496 e. The van der Waals surface area contributed by atoms with Crippen molar-refractivity contribution in [1.82, 2.24) is 9.80 Å². The highest BCUT2D eigenvalue weighted by atomic mass is 32.2. The number of amides is 2. The van der Waals surface area contributed by atoms with Crippen molar-refractivity contribution in [2.24, 2.45) is 0 Å². The maximum Gasteiger partial charge on any atom is 0.255 e. The van der Waals surface area contributed by atoms with Crippen molar-refractivity contribution < 1.29 is 23.8 Å². The highest BCUT2D eigenvalue weighted by Gasteiger charge is 2.25. The van der Waals surface area contributed by atoms with Gasteiger partial charge in [0.2, 0.25) is 5.91 Å². The molecule has 0 unspecified atom stereocenters. The lowest BCUT2D eigenvalue weighted by atomic mass is 9.96. The summed E-state index contributed by atoms with van der Waals surface area (Å²) in [6, 6.07) is 11.1. The lowest BCUT2D eigenvalue weighted by Gasteiger charge is -2.28. The molecule has 0 aromatic heterocycles. The Labute approximate surface area is 199 Å². The third-order valence-corrected chi connectivity index (χ3v) is 6.56. The number of hydrogen-bond donors (Lipinski definition) is 0. The summed E-state index contributed by atoms with van der Waals surface area (Å²) in [7, 11) is 8.29. The summed E-state index contributed by atoms with van der Waals surface area (Å²) in [5, 5.41) is 0. The third kappa shape index (κ3) is 5.63. The minimum absolute atomic E-state index is 0.00943. The van der Waals surface area contributed by atoms with E-state index in [1.165, 1.54) is 11.8 Å². The van der Waals surface area contributed by atoms with Crippen LogP contribution in [0.25, 0.3) is 5.57 Å². The number of carbonyl (C=O) groups excluding carboxylic acids is 2. The molecule has 176 valence electrons. The van der Waals surface area contributed by atoms with Gasteiger partial charge in [0.15, 0.2) is 0 Å². The number of methoxy groups -OCH3 is 3. The Morgan fingerprint density at radius 1 is 1.03 bits per heavy atom. The molecule has 2 aromatic carbocycles. The number of nitrogens with zero attached hydrogens (tertiary/aromatic N) is 2. The number of hydrogen-bond acceptors (Lipinski definition) is 6. The van der Waals surface area contributed by atoms with E-state index in [1.807, 2.05) is 47.4 Å². The van der Waals surface area contributed by atoms with Gasteiger partial charge in [-0.05, 0) is 24.1 Å². The average molecular weight is 471 g/mol. The van der Waals surface area contributed by atoms with Crippen LogP contribution in [0.4, 0.5) is 0 Å². The highest BCUT2D eigenvalue weighted by molar-refractivity contribution is 8.00. The molecular formula is C25H30N2O5S. The molecule has 1 heterocycles. The van der Waals surface area contributed by atoms with Crippen LogP contribution in [-0.2, 0) is 4.79 Å². The van der Waals surface area contributed by atoms with Crippen LogP contribution in [0, 0.1) is 0 Å². The largest absolute Gasteiger partial charge is 0.496 e. The van der Waals surface area contributed by atoms with Gasteiger partial charge in [-0.1, -0.05) is 18.2 Å². The summed E-state index contributed by atoms with van der Waals surface area (Å²) in [6.45, 7) is 1.04. The van der Waals surface area contributed by atoms with Gasteiger partial charge >= 0.3 is 0 Å². The Kier molecular flexibility index (Phi) is 8.27. The van der Waals surface area contributed by atoms with E-state index >= 15 is 0 Å². The van der Waals surface area contributed by atoms with Gasteiger partial charge < -0.3 is 24.0 Å². The Hall–Kier alpha value is -3.13. The molecule has 0 radical (unpaired) electrons. The molecule has 0 N–H and O–H groups in total. The molecule has 2 aromatic rings. The number of benzene rings is 2. The Morgan fingerprint density at radius 3 is 2.24 bits per heavy atom. The zero-order valence-corrected chi connectivity index (χ0v) is 20.5. The topological polar surface area (TPSA) is 68.3 Å². The SMILES string of the molecule is COc1cc(OC)c(C2=CCN(C(=O)c3ccccc3SCC(=O)N(C)C)CC2)c(OC)c1. The molecule has 0 saturated heterocycles. The number of ether oxygens (including phenoxy) is 3. The molecule has 0 fully saturated rings. The van der Waals surface area contributed by atoms with Crippen molar-refractivity contribution in [1.29, 1.82) is 0 Å². The smallest absolute Gasteiger partial charge is 0.255 e. The second-order valence-corrected chi connectivity index (χ2v) is 8.73. The summed E-state index contributed by atoms with van der Waals surface area (Å²) in [5.74, 6) is 2.25. The predicted molar refractivity (Wildman–Crippen MR) is 130 cm³/mol. The van der Waals surface area contributed by atoms with E-state index in [0.717, 1.165) is 16.0 Å². The van der Waals surface area contributed by atoms with Crippen LogP contribution in [-0.4, -0.2) is 75.9 Å². The fourth-order valence-corrected chi connectivity index (χ4v) is 4.63. The summed E-state index contributed by atoms with van der Waals surface area (Å²) < 4.78 is 16.5. The van der Waals surface area contributed by atoms with Crippen molar-refractivity contribution in [3.63, 3.8) is 0 Å². The minimum atomic E-state index is -0.0423. The summed E-state index contributed by atoms with van der Waals surface area (Å²) in [5.41, 5.74) is 2.56. The molecule has 0 aliphatic carbocycles. The summed E-state index contributed by atoms with van der Waals surface area (Å²) in [4.78, 5) is 29.5. The highest BCUT2D eigenvalue weighted by Crippen LogP contribution is 2.41. The van der Waals surface area contributed by atoms with Crippen molar-refractivity contribution >= 4 is 29.1 Å². The Morgan fingerprint density at radius 2 is 1.70 bits per heavy atom. The van der Waals surface area contributed by atoms with Gasteiger partial charge in [-0.2, -0.15) is 0 Å². The van der Waals surface area contributed by atoms with Gasteiger partial charge in [0, 0.05) is 44.2 Å². The van der Waals surface area contributed by atoms with E-state index in [4.69, 9.17) is 14.2 Å². The maximum absolute atomic E-state index is 13.3. The van der Waals surface area contributed by atoms with E-state index in [-0.39, 0.29) is 11.8 Å². The normalized spacial score (nSPS) is 13.2. The maximum atomic E-state index is 13.3. The molecule has 2 amide bonds. The second-order valence-electron chi connectivity index (χ2n) is 7.71. The van der Waals surface area contributed by atoms with Crippen LogP contribution in [0.2, 0.25) is 0 Å². The number of rotatable bonds is 8. The van der Waals surface area contributed by atoms with Crippen molar-refractivity contribution in [2.75, 3.05) is 54.3 Å². The summed E-state index contributed by atoms with van der Waals surface area (Å²) in [6.07, 6.45) is 2.71. The molecule has 0 bridgehead atoms. The fourth-order valence-electron chi connectivity index (χ4n) is 3.61. The third-order valence-electron chi connectivity index (χ3n) is 5.50. The number of thioether (sulfide) groups is 1. The molecular weight excluding hydrogens is 440 g/mol. The molecule has 1 aliphatic heterocycles. The van der Waals surface area contributed by atoms with Gasteiger partial charge in [-0.15, -0.1) is 11.8 Å². The molecule has 1 aliphatic rings. The molecule has 0 saturated carbocycles. The average Bonchev–Trinajstić information content (AvgIpc) is 2.86. The molecule has 7 nitrogen and oxygen atoms in total. The van der Waals surface area contributed by atoms with E-state index < -0.39 is 0 Å². The van der Waals surface area contributed by atoms with Crippen LogP contribution in [0.5, 0.6) is 17.2 Å². The van der Waals surface area contributed by atoms with Crippen LogP contribution >= 0.6 is 11.8 Å². The zero-order chi connectivity index (χ0) is 24.0. The second kappa shape index (κ2) is 11.1. The first-order valence-corrected chi connectivity index (χ1v) is 11.6. The van der Waals surface area contributed by atoms with Gasteiger partial charge in [-0.3, -0.25) is 9.59 Å². The van der Waals surface area contributed by atoms with Crippen LogP contribution in [0.15, 0.2) is 47.4 Å². The lowest BCUT2D eigenvalue weighted by molar-refractivity contribution is -0.125. The van der Waals surface area contributed by atoms with Gasteiger partial charge in [-0.25, -0.2) is 0 Å². The van der Waals surface area contributed by atoms with Crippen LogP contribution in [0.3, 0.4) is 0 Å². The first-order valence-electron chi connectivity index (χ1n) is 10.6. The Balaban J connectivity index is 1.80.